The fourth-order valence-corrected chi connectivity index (χ4v) is 5.53. The van der Waals surface area contributed by atoms with Crippen molar-refractivity contribution in [3.05, 3.63) is 47.3 Å². The van der Waals surface area contributed by atoms with Gasteiger partial charge >= 0.3 is 0 Å². The monoisotopic (exact) mass is 389 g/mol. The number of benzene rings is 1. The van der Waals surface area contributed by atoms with Gasteiger partial charge in [-0.25, -0.2) is 13.1 Å². The first-order valence-electron chi connectivity index (χ1n) is 9.55. The summed E-state index contributed by atoms with van der Waals surface area (Å²) in [6.45, 7) is 4.41. The van der Waals surface area contributed by atoms with Crippen molar-refractivity contribution in [2.75, 3.05) is 13.1 Å². The molecule has 0 radical (unpaired) electrons. The maximum Gasteiger partial charge on any atom is 0.247 e. The maximum atomic E-state index is 13.2. The van der Waals surface area contributed by atoms with E-state index in [9.17, 15) is 13.2 Å². The molecule has 1 aromatic carbocycles. The Morgan fingerprint density at radius 3 is 2.30 bits per heavy atom. The van der Waals surface area contributed by atoms with Crippen molar-refractivity contribution in [2.24, 2.45) is 0 Å². The number of carbonyl (C=O) groups excluding carboxylic acids is 1. The van der Waals surface area contributed by atoms with Crippen molar-refractivity contribution in [3.63, 3.8) is 0 Å². The fourth-order valence-electron chi connectivity index (χ4n) is 3.66. The predicted octanol–water partition coefficient (Wildman–Crippen LogP) is 3.34. The Morgan fingerprint density at radius 2 is 1.67 bits per heavy atom. The van der Waals surface area contributed by atoms with Gasteiger partial charge in [-0.15, -0.1) is 0 Å². The summed E-state index contributed by atoms with van der Waals surface area (Å²) in [5, 5.41) is 4.27. The Hall–Kier alpha value is -1.99. The topological polar surface area (TPSA) is 72.3 Å². The third-order valence-corrected chi connectivity index (χ3v) is 7.25. The highest BCUT2D eigenvalue weighted by molar-refractivity contribution is 7.89. The number of aryl methyl sites for hydroxylation is 2. The van der Waals surface area contributed by atoms with E-state index in [1.54, 1.807) is 18.2 Å². The third kappa shape index (κ3) is 4.30. The molecule has 1 aromatic heterocycles. The molecule has 0 aliphatic carbocycles. The molecule has 146 valence electrons. The summed E-state index contributed by atoms with van der Waals surface area (Å²) in [5.41, 5.74) is 1.88. The second-order valence-corrected chi connectivity index (χ2v) is 8.98. The summed E-state index contributed by atoms with van der Waals surface area (Å²) >= 11 is 0. The first kappa shape index (κ1) is 19.8. The van der Waals surface area contributed by atoms with Gasteiger partial charge in [-0.3, -0.25) is 4.79 Å². The molecular weight excluding hydrogens is 362 g/mol. The molecule has 1 fully saturated rings. The van der Waals surface area contributed by atoms with E-state index in [-0.39, 0.29) is 17.2 Å². The Balaban J connectivity index is 1.82. The molecule has 7 heteroatoms. The Morgan fingerprint density at radius 1 is 1.04 bits per heavy atom. The standard InChI is InChI=1S/C20H27N3O3S/c1-16-20(27(25,26)22-14-8-3-4-9-15-22)17(2)23(21-16)19(24)13-12-18-10-6-5-7-11-18/h5-7,10-11H,3-4,8-9,12-15H2,1-2H3. The summed E-state index contributed by atoms with van der Waals surface area (Å²) in [4.78, 5) is 12.8. The molecule has 0 amide bonds. The van der Waals surface area contributed by atoms with E-state index >= 15 is 0 Å². The molecule has 27 heavy (non-hydrogen) atoms. The van der Waals surface area contributed by atoms with Gasteiger partial charge in [0, 0.05) is 19.5 Å². The van der Waals surface area contributed by atoms with Crippen molar-refractivity contribution >= 4 is 15.9 Å². The van der Waals surface area contributed by atoms with Gasteiger partial charge in [0.1, 0.15) is 4.90 Å². The van der Waals surface area contributed by atoms with E-state index in [2.05, 4.69) is 5.10 Å². The SMILES string of the molecule is Cc1nn(C(=O)CCc2ccccc2)c(C)c1S(=O)(=O)N1CCCCCC1. The Labute approximate surface area is 161 Å². The van der Waals surface area contributed by atoms with Crippen LogP contribution in [0.2, 0.25) is 0 Å². The first-order chi connectivity index (χ1) is 12.9. The van der Waals surface area contributed by atoms with E-state index < -0.39 is 10.0 Å². The van der Waals surface area contributed by atoms with Gasteiger partial charge in [0.15, 0.2) is 0 Å². The molecule has 2 heterocycles. The van der Waals surface area contributed by atoms with Crippen LogP contribution in [-0.4, -0.2) is 41.5 Å². The lowest BCUT2D eigenvalue weighted by molar-refractivity contribution is 0.0884. The van der Waals surface area contributed by atoms with Gasteiger partial charge in [0.05, 0.1) is 11.4 Å². The number of hydrogen-bond donors (Lipinski definition) is 0. The van der Waals surface area contributed by atoms with Crippen molar-refractivity contribution in [2.45, 2.75) is 57.3 Å². The zero-order valence-electron chi connectivity index (χ0n) is 16.0. The molecule has 0 N–H and O–H groups in total. The van der Waals surface area contributed by atoms with Crippen LogP contribution >= 0.6 is 0 Å². The van der Waals surface area contributed by atoms with Crippen LogP contribution in [0.5, 0.6) is 0 Å². The van der Waals surface area contributed by atoms with Crippen LogP contribution < -0.4 is 0 Å². The van der Waals surface area contributed by atoms with Gasteiger partial charge in [-0.05, 0) is 38.7 Å². The Kier molecular flexibility index (Phi) is 6.11. The molecule has 0 spiro atoms. The minimum absolute atomic E-state index is 0.184. The molecular formula is C20H27N3O3S. The smallest absolute Gasteiger partial charge is 0.247 e. The summed E-state index contributed by atoms with van der Waals surface area (Å²) < 4.78 is 29.1. The van der Waals surface area contributed by atoms with Gasteiger partial charge in [0.25, 0.3) is 0 Å². The van der Waals surface area contributed by atoms with Gasteiger partial charge in [-0.1, -0.05) is 43.2 Å². The quantitative estimate of drug-likeness (QED) is 0.786. The van der Waals surface area contributed by atoms with E-state index in [1.807, 2.05) is 30.3 Å². The molecule has 0 saturated carbocycles. The maximum absolute atomic E-state index is 13.2. The second kappa shape index (κ2) is 8.35. The predicted molar refractivity (Wildman–Crippen MR) is 104 cm³/mol. The summed E-state index contributed by atoms with van der Waals surface area (Å²) in [5.74, 6) is -0.184. The van der Waals surface area contributed by atoms with Crippen LogP contribution in [-0.2, 0) is 16.4 Å². The van der Waals surface area contributed by atoms with Crippen LogP contribution in [0.25, 0.3) is 0 Å². The first-order valence-corrected chi connectivity index (χ1v) is 11.0. The lowest BCUT2D eigenvalue weighted by atomic mass is 10.1. The van der Waals surface area contributed by atoms with Gasteiger partial charge in [-0.2, -0.15) is 9.40 Å². The van der Waals surface area contributed by atoms with Crippen LogP contribution in [0.1, 0.15) is 53.8 Å². The van der Waals surface area contributed by atoms with Crippen LogP contribution in [0, 0.1) is 13.8 Å². The summed E-state index contributed by atoms with van der Waals surface area (Å²) in [7, 11) is -3.63. The highest BCUT2D eigenvalue weighted by Crippen LogP contribution is 2.26. The lowest BCUT2D eigenvalue weighted by Gasteiger charge is -2.20. The highest BCUT2D eigenvalue weighted by atomic mass is 32.2. The molecule has 3 rings (SSSR count). The van der Waals surface area contributed by atoms with E-state index in [4.69, 9.17) is 0 Å². The fraction of sp³-hybridized carbons (Fsp3) is 0.500. The third-order valence-electron chi connectivity index (χ3n) is 5.09. The number of carbonyl (C=O) groups is 1. The zero-order valence-corrected chi connectivity index (χ0v) is 16.8. The Bertz CT molecular complexity index is 896. The lowest BCUT2D eigenvalue weighted by Crippen LogP contribution is -2.32. The van der Waals surface area contributed by atoms with E-state index in [1.165, 1.54) is 4.68 Å². The number of aromatic nitrogens is 2. The van der Waals surface area contributed by atoms with E-state index in [0.29, 0.717) is 30.9 Å². The highest BCUT2D eigenvalue weighted by Gasteiger charge is 2.32. The molecule has 2 aromatic rings. The van der Waals surface area contributed by atoms with Crippen molar-refractivity contribution in [1.82, 2.24) is 14.1 Å². The van der Waals surface area contributed by atoms with Crippen molar-refractivity contribution in [3.8, 4) is 0 Å². The average molecular weight is 390 g/mol. The van der Waals surface area contributed by atoms with Crippen molar-refractivity contribution < 1.29 is 13.2 Å². The van der Waals surface area contributed by atoms with Gasteiger partial charge < -0.3 is 0 Å². The van der Waals surface area contributed by atoms with Crippen molar-refractivity contribution in [1.29, 1.82) is 0 Å². The van der Waals surface area contributed by atoms with Crippen LogP contribution in [0.3, 0.4) is 0 Å². The minimum atomic E-state index is -3.63. The zero-order chi connectivity index (χ0) is 19.4. The van der Waals surface area contributed by atoms with Gasteiger partial charge in [0.2, 0.25) is 15.9 Å². The largest absolute Gasteiger partial charge is 0.273 e. The molecule has 1 aliphatic heterocycles. The summed E-state index contributed by atoms with van der Waals surface area (Å²) in [6.07, 6.45) is 4.76. The summed E-state index contributed by atoms with van der Waals surface area (Å²) in [6, 6.07) is 9.77. The normalized spacial score (nSPS) is 16.2. The number of hydrogen-bond acceptors (Lipinski definition) is 4. The van der Waals surface area contributed by atoms with Crippen LogP contribution in [0.4, 0.5) is 0 Å². The van der Waals surface area contributed by atoms with E-state index in [0.717, 1.165) is 31.2 Å². The molecule has 0 atom stereocenters. The molecule has 1 saturated heterocycles. The number of nitrogens with zero attached hydrogens (tertiary/aromatic N) is 3. The molecule has 0 unspecified atom stereocenters. The minimum Gasteiger partial charge on any atom is -0.273 e. The average Bonchev–Trinajstić information content (AvgIpc) is 2.83. The second-order valence-electron chi connectivity index (χ2n) is 7.11. The number of sulfonamides is 1. The van der Waals surface area contributed by atoms with Crippen LogP contribution in [0.15, 0.2) is 35.2 Å². The number of rotatable bonds is 5. The molecule has 6 nitrogen and oxygen atoms in total. The molecule has 1 aliphatic rings. The molecule has 0 bridgehead atoms.